The number of aryl methyl sites for hydroxylation is 4. The van der Waals surface area contributed by atoms with Gasteiger partial charge in [-0.3, -0.25) is 4.79 Å². The van der Waals surface area contributed by atoms with Crippen LogP contribution in [0.15, 0.2) is 66.7 Å². The minimum absolute atomic E-state index is 0.103. The third-order valence-electron chi connectivity index (χ3n) is 13.4. The molecule has 5 aromatic carbocycles. The first kappa shape index (κ1) is 46.3. The van der Waals surface area contributed by atoms with Gasteiger partial charge in [0.25, 0.3) is 0 Å². The van der Waals surface area contributed by atoms with Crippen molar-refractivity contribution in [3.63, 3.8) is 0 Å². The van der Waals surface area contributed by atoms with E-state index >= 15 is 0 Å². The second kappa shape index (κ2) is 18.3. The predicted molar refractivity (Wildman–Crippen MR) is 263 cm³/mol. The molecule has 1 heterocycles. The lowest BCUT2D eigenvalue weighted by Crippen LogP contribution is -2.27. The fraction of sp³-hybridized carbons (Fsp3) is 0.456. The number of ketones is 1. The molecule has 0 spiro atoms. The summed E-state index contributed by atoms with van der Waals surface area (Å²) in [5, 5.41) is 23.6. The van der Waals surface area contributed by atoms with Crippen molar-refractivity contribution >= 4 is 19.0 Å². The third-order valence-corrected chi connectivity index (χ3v) is 16.7. The zero-order valence-electron chi connectivity index (χ0n) is 40.1. The number of rotatable bonds is 11. The zero-order chi connectivity index (χ0) is 44.9. The van der Waals surface area contributed by atoms with Crippen LogP contribution in [0.2, 0.25) is 0 Å². The van der Waals surface area contributed by atoms with Gasteiger partial charge in [-0.15, -0.1) is 0 Å². The molecule has 0 bridgehead atoms. The van der Waals surface area contributed by atoms with Gasteiger partial charge in [0.2, 0.25) is 0 Å². The first-order valence-electron chi connectivity index (χ1n) is 23.0. The molecule has 0 radical (unpaired) electrons. The molecular formula is C57H73O3P. The molecule has 1 saturated heterocycles. The van der Waals surface area contributed by atoms with Crippen LogP contribution in [0, 0.1) is 27.7 Å². The molecule has 2 atom stereocenters. The van der Waals surface area contributed by atoms with Crippen LogP contribution in [-0.2, 0) is 4.79 Å². The topological polar surface area (TPSA) is 57.5 Å². The monoisotopic (exact) mass is 837 g/mol. The van der Waals surface area contributed by atoms with Gasteiger partial charge >= 0.3 is 0 Å². The Labute approximate surface area is 370 Å². The average molecular weight is 837 g/mol. The van der Waals surface area contributed by atoms with Gasteiger partial charge in [0.05, 0.1) is 0 Å². The van der Waals surface area contributed by atoms with Crippen LogP contribution >= 0.6 is 7.92 Å². The standard InChI is InChI=1S/C57H73O3P/c1-30(2)40-24-47(32(5)6)53(48(25-40)33(7)8)45-18-17-19-46(54-49(34(9)10)26-41(31(3)4)27-50(54)35(11)12)57(45)61-51(42-20-36(13)55(59)37(14)21-42)28-44(58)29-52(61)43-22-38(15)56(60)39(16)23-43/h17-27,30-35,51-52,59-60H,28-29H2,1-16H3. The Kier molecular flexibility index (Phi) is 13.9. The molecule has 6 rings (SSSR count). The van der Waals surface area contributed by atoms with Gasteiger partial charge in [0.15, 0.2) is 0 Å². The Morgan fingerprint density at radius 3 is 1.03 bits per heavy atom. The van der Waals surface area contributed by atoms with Gasteiger partial charge in [-0.05, 0) is 158 Å². The smallest absolute Gasteiger partial charge is 0.134 e. The zero-order valence-corrected chi connectivity index (χ0v) is 41.0. The molecule has 0 aliphatic carbocycles. The number of hydrogen-bond donors (Lipinski definition) is 2. The molecular weight excluding hydrogens is 764 g/mol. The van der Waals surface area contributed by atoms with Crippen molar-refractivity contribution in [2.24, 2.45) is 0 Å². The Balaban J connectivity index is 1.90. The second-order valence-corrected chi connectivity index (χ2v) is 22.7. The molecule has 1 aliphatic heterocycles. The molecule has 324 valence electrons. The van der Waals surface area contributed by atoms with Crippen molar-refractivity contribution in [1.82, 2.24) is 0 Å². The quantitative estimate of drug-likeness (QED) is 0.130. The van der Waals surface area contributed by atoms with E-state index in [1.54, 1.807) is 0 Å². The number of phenols is 2. The first-order valence-corrected chi connectivity index (χ1v) is 24.5. The summed E-state index contributed by atoms with van der Waals surface area (Å²) < 4.78 is 0. The lowest BCUT2D eigenvalue weighted by Gasteiger charge is -2.42. The van der Waals surface area contributed by atoms with Crippen LogP contribution in [0.5, 0.6) is 11.5 Å². The van der Waals surface area contributed by atoms with Crippen molar-refractivity contribution in [2.75, 3.05) is 0 Å². The Morgan fingerprint density at radius 1 is 0.475 bits per heavy atom. The molecule has 4 heteroatoms. The van der Waals surface area contributed by atoms with Gasteiger partial charge in [0.1, 0.15) is 17.3 Å². The van der Waals surface area contributed by atoms with Crippen LogP contribution < -0.4 is 5.30 Å². The highest BCUT2D eigenvalue weighted by Crippen LogP contribution is 2.69. The highest BCUT2D eigenvalue weighted by Gasteiger charge is 2.43. The maximum absolute atomic E-state index is 14.5. The SMILES string of the molecule is Cc1cc(C2CC(=O)CC(c3cc(C)c(O)c(C)c3)P2c2c(-c3c(C(C)C)cc(C(C)C)cc3C(C)C)cccc2-c2c(C(C)C)cc(C(C)C)cc2C(C)C)cc(C)c1O. The van der Waals surface area contributed by atoms with E-state index in [0.717, 1.165) is 33.4 Å². The molecule has 2 unspecified atom stereocenters. The largest absolute Gasteiger partial charge is 0.507 e. The number of carbonyl (C=O) groups excluding carboxylic acids is 1. The number of phenolic OH excluding ortho intramolecular Hbond substituents is 2. The average Bonchev–Trinajstić information content (AvgIpc) is 3.19. The van der Waals surface area contributed by atoms with E-state index in [-0.39, 0.29) is 40.8 Å². The summed E-state index contributed by atoms with van der Waals surface area (Å²) in [6.45, 7) is 35.9. The van der Waals surface area contributed by atoms with E-state index in [0.29, 0.717) is 36.2 Å². The normalized spacial score (nSPS) is 17.3. The van der Waals surface area contributed by atoms with E-state index in [1.807, 2.05) is 27.7 Å². The number of carbonyl (C=O) groups is 1. The lowest BCUT2D eigenvalue weighted by molar-refractivity contribution is -0.119. The van der Waals surface area contributed by atoms with E-state index < -0.39 is 7.92 Å². The van der Waals surface area contributed by atoms with Gasteiger partial charge in [-0.2, -0.15) is 0 Å². The van der Waals surface area contributed by atoms with E-state index in [9.17, 15) is 15.0 Å². The molecule has 0 saturated carbocycles. The van der Waals surface area contributed by atoms with Crippen molar-refractivity contribution in [3.05, 3.63) is 133 Å². The lowest BCUT2D eigenvalue weighted by atomic mass is 9.79. The highest BCUT2D eigenvalue weighted by molar-refractivity contribution is 7.67. The van der Waals surface area contributed by atoms with Crippen LogP contribution in [0.4, 0.5) is 0 Å². The predicted octanol–water partition coefficient (Wildman–Crippen LogP) is 16.4. The number of aromatic hydroxyl groups is 2. The summed E-state index contributed by atoms with van der Waals surface area (Å²) in [5.41, 5.74) is 18.9. The van der Waals surface area contributed by atoms with Crippen molar-refractivity contribution in [1.29, 1.82) is 0 Å². The molecule has 1 aliphatic rings. The van der Waals surface area contributed by atoms with E-state index in [2.05, 4.69) is 150 Å². The number of Topliss-reactive ketones (excluding diaryl/α,β-unsaturated/α-hetero) is 1. The molecule has 0 amide bonds. The molecule has 3 nitrogen and oxygen atoms in total. The maximum atomic E-state index is 14.5. The summed E-state index contributed by atoms with van der Waals surface area (Å²) in [7, 11) is -1.18. The Bertz CT molecular complexity index is 2180. The van der Waals surface area contributed by atoms with Crippen molar-refractivity contribution in [3.8, 4) is 33.8 Å². The van der Waals surface area contributed by atoms with Crippen LogP contribution in [-0.4, -0.2) is 16.0 Å². The Morgan fingerprint density at radius 2 is 0.770 bits per heavy atom. The molecule has 2 N–H and O–H groups in total. The number of hydrogen-bond acceptors (Lipinski definition) is 3. The second-order valence-electron chi connectivity index (χ2n) is 20.2. The third kappa shape index (κ3) is 9.02. The summed E-state index contributed by atoms with van der Waals surface area (Å²) in [6.07, 6.45) is 0.882. The molecule has 0 aromatic heterocycles. The fourth-order valence-electron chi connectivity index (χ4n) is 9.92. The minimum Gasteiger partial charge on any atom is -0.507 e. The van der Waals surface area contributed by atoms with Crippen molar-refractivity contribution in [2.45, 2.75) is 170 Å². The summed E-state index contributed by atoms with van der Waals surface area (Å²) >= 11 is 0. The highest BCUT2D eigenvalue weighted by atomic mass is 31.1. The van der Waals surface area contributed by atoms with Crippen LogP contribution in [0.3, 0.4) is 0 Å². The van der Waals surface area contributed by atoms with Crippen molar-refractivity contribution < 1.29 is 15.0 Å². The fourth-order valence-corrected chi connectivity index (χ4v) is 13.6. The summed E-state index contributed by atoms with van der Waals surface area (Å²) in [6, 6.07) is 25.7. The Hall–Kier alpha value is -4.20. The summed E-state index contributed by atoms with van der Waals surface area (Å²) in [4.78, 5) is 14.5. The first-order chi connectivity index (χ1) is 28.6. The molecule has 1 fully saturated rings. The van der Waals surface area contributed by atoms with E-state index in [1.165, 1.54) is 60.9 Å². The van der Waals surface area contributed by atoms with Gasteiger partial charge in [-0.1, -0.05) is 158 Å². The van der Waals surface area contributed by atoms with Gasteiger partial charge in [-0.25, -0.2) is 0 Å². The summed E-state index contributed by atoms with van der Waals surface area (Å²) in [5.74, 6) is 2.80. The van der Waals surface area contributed by atoms with Crippen LogP contribution in [0.1, 0.15) is 210 Å². The minimum atomic E-state index is -1.18. The van der Waals surface area contributed by atoms with Gasteiger partial charge < -0.3 is 10.2 Å². The number of benzene rings is 5. The maximum Gasteiger partial charge on any atom is 0.134 e. The van der Waals surface area contributed by atoms with Crippen LogP contribution in [0.25, 0.3) is 22.3 Å². The molecule has 5 aromatic rings. The molecule has 61 heavy (non-hydrogen) atoms. The van der Waals surface area contributed by atoms with E-state index in [4.69, 9.17) is 0 Å². The van der Waals surface area contributed by atoms with Gasteiger partial charge in [0, 0.05) is 24.2 Å².